The highest BCUT2D eigenvalue weighted by Crippen LogP contribution is 2.41. The number of piperazine rings is 1. The Bertz CT molecular complexity index is 1750. The number of piperidine rings is 1. The molecule has 12 heteroatoms. The summed E-state index contributed by atoms with van der Waals surface area (Å²) in [5, 5.41) is 3.83. The smallest absolute Gasteiger partial charge is 0.357 e. The van der Waals surface area contributed by atoms with E-state index in [-0.39, 0.29) is 33.5 Å². The number of alkyl halides is 3. The number of benzene rings is 2. The summed E-state index contributed by atoms with van der Waals surface area (Å²) in [5.41, 5.74) is -2.04. The molecule has 1 atom stereocenters. The summed E-state index contributed by atoms with van der Waals surface area (Å²) in [5.74, 6) is 1.29. The fraction of sp³-hybridized carbons (Fsp3) is 0.406. The maximum atomic E-state index is 16.7. The van der Waals surface area contributed by atoms with E-state index in [1.807, 2.05) is 23.9 Å². The van der Waals surface area contributed by atoms with E-state index in [0.29, 0.717) is 36.8 Å². The van der Waals surface area contributed by atoms with Crippen molar-refractivity contribution in [1.29, 1.82) is 0 Å². The fourth-order valence-corrected chi connectivity index (χ4v) is 6.09. The van der Waals surface area contributed by atoms with E-state index < -0.39 is 29.1 Å². The Morgan fingerprint density at radius 1 is 1.09 bits per heavy atom. The standard InChI is InChI=1S/C32H32F5N7/c1-4-22-25(33)9-8-19-15-20(32(35,36)37)16-23(26(19)22)28-27(34)29-24(17-39-28)30(43(3)18-21-7-5-6-10-38-21)41-31(40-29)44-13-11-42(2)12-14-44/h1,8-9,15-17,21,38H,5-7,10-14,18H2,2-3H3/t21-/m0/s1. The Balaban J connectivity index is 1.57. The lowest BCUT2D eigenvalue weighted by Crippen LogP contribution is -2.45. The Morgan fingerprint density at radius 2 is 1.86 bits per heavy atom. The second-order valence-corrected chi connectivity index (χ2v) is 11.5. The van der Waals surface area contributed by atoms with Crippen LogP contribution in [0.15, 0.2) is 30.5 Å². The van der Waals surface area contributed by atoms with E-state index in [4.69, 9.17) is 11.4 Å². The molecule has 4 aromatic rings. The van der Waals surface area contributed by atoms with E-state index in [1.165, 1.54) is 12.3 Å². The van der Waals surface area contributed by atoms with Crippen LogP contribution in [-0.2, 0) is 6.18 Å². The van der Waals surface area contributed by atoms with Crippen molar-refractivity contribution in [3.63, 3.8) is 0 Å². The molecular weight excluding hydrogens is 577 g/mol. The minimum absolute atomic E-state index is 0.0201. The summed E-state index contributed by atoms with van der Waals surface area (Å²) in [4.78, 5) is 19.9. The number of pyridine rings is 1. The first-order valence-corrected chi connectivity index (χ1v) is 14.6. The van der Waals surface area contributed by atoms with E-state index >= 15 is 4.39 Å². The van der Waals surface area contributed by atoms with Crippen molar-refractivity contribution >= 4 is 33.4 Å². The molecule has 0 bridgehead atoms. The van der Waals surface area contributed by atoms with Crippen LogP contribution >= 0.6 is 0 Å². The molecule has 44 heavy (non-hydrogen) atoms. The maximum Gasteiger partial charge on any atom is 0.416 e. The predicted octanol–water partition coefficient (Wildman–Crippen LogP) is 5.45. The predicted molar refractivity (Wildman–Crippen MR) is 162 cm³/mol. The third-order valence-electron chi connectivity index (χ3n) is 8.50. The second-order valence-electron chi connectivity index (χ2n) is 11.5. The van der Waals surface area contributed by atoms with Crippen LogP contribution < -0.4 is 15.1 Å². The molecule has 0 amide bonds. The molecule has 0 unspecified atom stereocenters. The number of halogens is 5. The Labute approximate surface area is 252 Å². The molecule has 4 heterocycles. The van der Waals surface area contributed by atoms with Gasteiger partial charge in [0.05, 0.1) is 16.5 Å². The van der Waals surface area contributed by atoms with Gasteiger partial charge in [-0.25, -0.2) is 13.8 Å². The number of nitrogens with one attached hydrogen (secondary N) is 1. The molecule has 6 rings (SSSR count). The molecule has 7 nitrogen and oxygen atoms in total. The first-order chi connectivity index (χ1) is 21.0. The summed E-state index contributed by atoms with van der Waals surface area (Å²) in [6.45, 7) is 4.30. The molecule has 0 saturated carbocycles. The van der Waals surface area contributed by atoms with Gasteiger partial charge in [-0.05, 0) is 50.0 Å². The number of aromatic nitrogens is 3. The van der Waals surface area contributed by atoms with Gasteiger partial charge in [0.1, 0.15) is 22.8 Å². The topological polar surface area (TPSA) is 60.4 Å². The highest BCUT2D eigenvalue weighted by molar-refractivity contribution is 6.02. The van der Waals surface area contributed by atoms with Gasteiger partial charge in [-0.15, -0.1) is 6.42 Å². The van der Waals surface area contributed by atoms with E-state index in [9.17, 15) is 17.6 Å². The molecule has 2 aromatic carbocycles. The molecule has 0 spiro atoms. The van der Waals surface area contributed by atoms with Crippen LogP contribution in [0.25, 0.3) is 32.9 Å². The number of nitrogens with zero attached hydrogens (tertiary/aromatic N) is 6. The second kappa shape index (κ2) is 11.8. The zero-order valence-electron chi connectivity index (χ0n) is 24.5. The Hall–Kier alpha value is -4.08. The van der Waals surface area contributed by atoms with Crippen LogP contribution in [-0.4, -0.2) is 79.3 Å². The first kappa shape index (κ1) is 30.0. The molecule has 0 aliphatic carbocycles. The van der Waals surface area contributed by atoms with E-state index in [1.54, 1.807) is 0 Å². The fourth-order valence-electron chi connectivity index (χ4n) is 6.09. The SMILES string of the molecule is C#Cc1c(F)ccc2cc(C(F)(F)F)cc(-c3ncc4c(N(C)C[C@@H]5CCCCN5)nc(N5CCN(C)CC5)nc4c3F)c12. The van der Waals surface area contributed by atoms with Gasteiger partial charge in [0.25, 0.3) is 0 Å². The average molecular weight is 610 g/mol. The number of hydrogen-bond acceptors (Lipinski definition) is 7. The quantitative estimate of drug-likeness (QED) is 0.239. The number of hydrogen-bond donors (Lipinski definition) is 1. The van der Waals surface area contributed by atoms with Crippen LogP contribution in [0.5, 0.6) is 0 Å². The minimum Gasteiger partial charge on any atom is -0.357 e. The molecule has 2 aliphatic rings. The molecule has 2 fully saturated rings. The lowest BCUT2D eigenvalue weighted by atomic mass is 9.93. The molecule has 2 aromatic heterocycles. The van der Waals surface area contributed by atoms with Gasteiger partial charge in [0, 0.05) is 63.0 Å². The highest BCUT2D eigenvalue weighted by Gasteiger charge is 2.33. The van der Waals surface area contributed by atoms with Crippen molar-refractivity contribution in [2.45, 2.75) is 31.5 Å². The van der Waals surface area contributed by atoms with Gasteiger partial charge >= 0.3 is 6.18 Å². The summed E-state index contributed by atoms with van der Waals surface area (Å²) in [7, 11) is 3.89. The normalized spacial score (nSPS) is 18.1. The lowest BCUT2D eigenvalue weighted by molar-refractivity contribution is -0.137. The number of fused-ring (bicyclic) bond motifs is 2. The zero-order valence-corrected chi connectivity index (χ0v) is 24.5. The Kier molecular flexibility index (Phi) is 8.02. The highest BCUT2D eigenvalue weighted by atomic mass is 19.4. The summed E-state index contributed by atoms with van der Waals surface area (Å²) < 4.78 is 73.5. The zero-order chi connectivity index (χ0) is 31.2. The Morgan fingerprint density at radius 3 is 2.55 bits per heavy atom. The van der Waals surface area contributed by atoms with Crippen LogP contribution in [0.2, 0.25) is 0 Å². The molecule has 2 aliphatic heterocycles. The van der Waals surface area contributed by atoms with Crippen LogP contribution in [0, 0.1) is 24.0 Å². The minimum atomic E-state index is -4.75. The van der Waals surface area contributed by atoms with E-state index in [2.05, 4.69) is 26.1 Å². The van der Waals surface area contributed by atoms with Crippen LogP contribution in [0.1, 0.15) is 30.4 Å². The lowest BCUT2D eigenvalue weighted by Gasteiger charge is -2.33. The van der Waals surface area contributed by atoms with Gasteiger partial charge in [-0.3, -0.25) is 4.98 Å². The largest absolute Gasteiger partial charge is 0.416 e. The number of terminal acetylenes is 1. The van der Waals surface area contributed by atoms with Gasteiger partial charge < -0.3 is 20.0 Å². The summed E-state index contributed by atoms with van der Waals surface area (Å²) >= 11 is 0. The van der Waals surface area contributed by atoms with Crippen molar-refractivity contribution in [3.8, 4) is 23.6 Å². The van der Waals surface area contributed by atoms with Gasteiger partial charge in [-0.1, -0.05) is 18.4 Å². The molecule has 230 valence electrons. The average Bonchev–Trinajstić information content (AvgIpc) is 3.01. The van der Waals surface area contributed by atoms with Crippen molar-refractivity contribution < 1.29 is 22.0 Å². The molecule has 1 N–H and O–H groups in total. The first-order valence-electron chi connectivity index (χ1n) is 14.6. The molecule has 0 radical (unpaired) electrons. The van der Waals surface area contributed by atoms with Crippen LogP contribution in [0.3, 0.4) is 0 Å². The van der Waals surface area contributed by atoms with Gasteiger partial charge in [0.15, 0.2) is 5.82 Å². The maximum absolute atomic E-state index is 16.7. The summed E-state index contributed by atoms with van der Waals surface area (Å²) in [6.07, 6.45) is 5.43. The van der Waals surface area contributed by atoms with Crippen molar-refractivity contribution in [3.05, 3.63) is 53.2 Å². The number of rotatable bonds is 5. The third-order valence-corrected chi connectivity index (χ3v) is 8.50. The van der Waals surface area contributed by atoms with Crippen molar-refractivity contribution in [1.82, 2.24) is 25.2 Å². The molecular formula is C32H32F5N7. The van der Waals surface area contributed by atoms with Crippen LogP contribution in [0.4, 0.5) is 33.7 Å². The molecule has 2 saturated heterocycles. The summed E-state index contributed by atoms with van der Waals surface area (Å²) in [6, 6.07) is 4.06. The van der Waals surface area contributed by atoms with Crippen molar-refractivity contribution in [2.75, 3.05) is 63.2 Å². The van der Waals surface area contributed by atoms with Gasteiger partial charge in [0.2, 0.25) is 5.95 Å². The van der Waals surface area contributed by atoms with Gasteiger partial charge in [-0.2, -0.15) is 18.2 Å². The van der Waals surface area contributed by atoms with Crippen molar-refractivity contribution in [2.24, 2.45) is 0 Å². The number of anilines is 2. The van der Waals surface area contributed by atoms with E-state index in [0.717, 1.165) is 57.1 Å². The monoisotopic (exact) mass is 609 g/mol. The number of likely N-dealkylation sites (N-methyl/N-ethyl adjacent to an activating group) is 2. The third kappa shape index (κ3) is 5.62.